The first-order chi connectivity index (χ1) is 6.34. The smallest absolute Gasteiger partial charge is 0.142 e. The molecule has 0 saturated heterocycles. The third-order valence-corrected chi connectivity index (χ3v) is 2.30. The molecule has 0 radical (unpaired) electrons. The predicted molar refractivity (Wildman–Crippen MR) is 62.7 cm³/mol. The van der Waals surface area contributed by atoms with E-state index >= 15 is 0 Å². The Hall–Kier alpha value is -0.650. The fraction of sp³-hybridized carbons (Fsp3) is 0.333. The summed E-state index contributed by atoms with van der Waals surface area (Å²) in [6.45, 7) is 2.94. The summed E-state index contributed by atoms with van der Waals surface area (Å²) in [4.78, 5) is 8.04. The zero-order chi connectivity index (χ0) is 9.52. The van der Waals surface area contributed by atoms with E-state index in [0.29, 0.717) is 0 Å². The van der Waals surface area contributed by atoms with Crippen LogP contribution in [0.1, 0.15) is 13.3 Å². The Kier molecular flexibility index (Phi) is 4.74. The molecule has 0 amide bonds. The number of allylic oxidation sites excluding steroid dienone is 1. The number of aromatic nitrogens is 2. The van der Waals surface area contributed by atoms with E-state index in [2.05, 4.69) is 44.0 Å². The van der Waals surface area contributed by atoms with E-state index in [1.807, 2.05) is 13.0 Å². The maximum absolute atomic E-state index is 4.12. The molecule has 3 nitrogen and oxygen atoms in total. The first-order valence-corrected chi connectivity index (χ1v) is 5.23. The molecule has 4 heteroatoms. The maximum atomic E-state index is 4.12. The largest absolute Gasteiger partial charge is 0.369 e. The predicted octanol–water partition coefficient (Wildman–Crippen LogP) is 2.46. The minimum Gasteiger partial charge on any atom is -0.369 e. The van der Waals surface area contributed by atoms with E-state index in [1.54, 1.807) is 12.5 Å². The Labute approximate surface area is 91.8 Å². The van der Waals surface area contributed by atoms with Crippen LogP contribution in [-0.4, -0.2) is 16.5 Å². The molecular weight excluding hydrogens is 277 g/mol. The Morgan fingerprint density at radius 2 is 2.46 bits per heavy atom. The molecule has 0 aliphatic rings. The summed E-state index contributed by atoms with van der Waals surface area (Å²) in [7, 11) is 0. The number of nitrogens with one attached hydrogen (secondary N) is 1. The summed E-state index contributed by atoms with van der Waals surface area (Å²) in [6.07, 6.45) is 8.55. The fourth-order valence-corrected chi connectivity index (χ4v) is 1.37. The number of hydrogen-bond acceptors (Lipinski definition) is 3. The normalized spacial score (nSPS) is 10.6. The van der Waals surface area contributed by atoms with Crippen LogP contribution in [0.2, 0.25) is 0 Å². The van der Waals surface area contributed by atoms with Gasteiger partial charge in [0.25, 0.3) is 0 Å². The van der Waals surface area contributed by atoms with Gasteiger partial charge in [-0.05, 0) is 35.9 Å². The lowest BCUT2D eigenvalue weighted by Gasteiger charge is -2.04. The highest BCUT2D eigenvalue weighted by atomic mass is 127. The third-order valence-electron chi connectivity index (χ3n) is 1.51. The van der Waals surface area contributed by atoms with Crippen LogP contribution in [0.4, 0.5) is 5.82 Å². The lowest BCUT2D eigenvalue weighted by molar-refractivity contribution is 1.03. The van der Waals surface area contributed by atoms with Gasteiger partial charge >= 0.3 is 0 Å². The van der Waals surface area contributed by atoms with Crippen molar-refractivity contribution in [2.75, 3.05) is 11.9 Å². The molecule has 0 bridgehead atoms. The number of halogens is 1. The van der Waals surface area contributed by atoms with Gasteiger partial charge < -0.3 is 5.32 Å². The molecule has 0 saturated carbocycles. The van der Waals surface area contributed by atoms with Gasteiger partial charge in [0.15, 0.2) is 0 Å². The van der Waals surface area contributed by atoms with Gasteiger partial charge in [0, 0.05) is 12.7 Å². The monoisotopic (exact) mass is 289 g/mol. The minimum atomic E-state index is 0.914. The van der Waals surface area contributed by atoms with Crippen molar-refractivity contribution in [3.63, 3.8) is 0 Å². The SMILES string of the molecule is C/C=C/CCNc1ncncc1I. The number of hydrogen-bond donors (Lipinski definition) is 1. The van der Waals surface area contributed by atoms with E-state index < -0.39 is 0 Å². The van der Waals surface area contributed by atoms with Gasteiger partial charge in [-0.15, -0.1) is 0 Å². The molecule has 1 aromatic rings. The van der Waals surface area contributed by atoms with Crippen LogP contribution in [0.5, 0.6) is 0 Å². The average molecular weight is 289 g/mol. The van der Waals surface area contributed by atoms with Gasteiger partial charge in [-0.1, -0.05) is 12.2 Å². The summed E-state index contributed by atoms with van der Waals surface area (Å²) in [5, 5.41) is 3.24. The van der Waals surface area contributed by atoms with E-state index in [1.165, 1.54) is 0 Å². The Morgan fingerprint density at radius 3 is 3.15 bits per heavy atom. The van der Waals surface area contributed by atoms with Crippen molar-refractivity contribution in [2.24, 2.45) is 0 Å². The molecule has 0 aliphatic carbocycles. The number of nitrogens with zero attached hydrogens (tertiary/aromatic N) is 2. The molecule has 0 atom stereocenters. The van der Waals surface area contributed by atoms with Gasteiger partial charge in [0.05, 0.1) is 3.57 Å². The second kappa shape index (κ2) is 5.90. The van der Waals surface area contributed by atoms with Crippen LogP contribution in [0.25, 0.3) is 0 Å². The molecule has 70 valence electrons. The second-order valence-corrected chi connectivity index (χ2v) is 3.67. The third kappa shape index (κ3) is 3.71. The molecule has 1 N–H and O–H groups in total. The van der Waals surface area contributed by atoms with E-state index in [4.69, 9.17) is 0 Å². The Balaban J connectivity index is 2.41. The van der Waals surface area contributed by atoms with Gasteiger partial charge in [0.2, 0.25) is 0 Å². The zero-order valence-electron chi connectivity index (χ0n) is 7.50. The number of rotatable bonds is 4. The molecule has 1 rings (SSSR count). The molecule has 0 fully saturated rings. The molecule has 0 spiro atoms. The maximum Gasteiger partial charge on any atom is 0.142 e. The molecule has 0 aromatic carbocycles. The summed E-state index contributed by atoms with van der Waals surface area (Å²) >= 11 is 2.22. The van der Waals surface area contributed by atoms with Crippen molar-refractivity contribution in [1.82, 2.24) is 9.97 Å². The molecule has 1 heterocycles. The quantitative estimate of drug-likeness (QED) is 0.525. The van der Waals surface area contributed by atoms with Crippen LogP contribution < -0.4 is 5.32 Å². The van der Waals surface area contributed by atoms with Crippen LogP contribution >= 0.6 is 22.6 Å². The fourth-order valence-electron chi connectivity index (χ4n) is 0.883. The summed E-state index contributed by atoms with van der Waals surface area (Å²) < 4.78 is 1.06. The highest BCUT2D eigenvalue weighted by Crippen LogP contribution is 2.11. The summed E-state index contributed by atoms with van der Waals surface area (Å²) in [6, 6.07) is 0. The minimum absolute atomic E-state index is 0.914. The Morgan fingerprint density at radius 1 is 1.62 bits per heavy atom. The van der Waals surface area contributed by atoms with Crippen molar-refractivity contribution < 1.29 is 0 Å². The lowest BCUT2D eigenvalue weighted by Crippen LogP contribution is -2.04. The molecule has 1 aromatic heterocycles. The summed E-state index contributed by atoms with van der Waals surface area (Å²) in [5.41, 5.74) is 0. The van der Waals surface area contributed by atoms with E-state index in [0.717, 1.165) is 22.4 Å². The van der Waals surface area contributed by atoms with Crippen molar-refractivity contribution in [2.45, 2.75) is 13.3 Å². The van der Waals surface area contributed by atoms with Crippen LogP contribution in [0.15, 0.2) is 24.7 Å². The van der Waals surface area contributed by atoms with Gasteiger partial charge in [-0.25, -0.2) is 9.97 Å². The lowest BCUT2D eigenvalue weighted by atomic mass is 10.4. The Bertz CT molecular complexity index is 286. The summed E-state index contributed by atoms with van der Waals surface area (Å²) in [5.74, 6) is 0.917. The van der Waals surface area contributed by atoms with Crippen LogP contribution in [-0.2, 0) is 0 Å². The topological polar surface area (TPSA) is 37.8 Å². The second-order valence-electron chi connectivity index (χ2n) is 2.50. The van der Waals surface area contributed by atoms with Crippen molar-refractivity contribution in [3.8, 4) is 0 Å². The van der Waals surface area contributed by atoms with Crippen molar-refractivity contribution >= 4 is 28.4 Å². The number of anilines is 1. The van der Waals surface area contributed by atoms with Gasteiger partial charge in [-0.3, -0.25) is 0 Å². The van der Waals surface area contributed by atoms with Crippen molar-refractivity contribution in [3.05, 3.63) is 28.2 Å². The highest BCUT2D eigenvalue weighted by molar-refractivity contribution is 14.1. The molecule has 13 heavy (non-hydrogen) atoms. The van der Waals surface area contributed by atoms with E-state index in [9.17, 15) is 0 Å². The van der Waals surface area contributed by atoms with Gasteiger partial charge in [0.1, 0.15) is 12.1 Å². The first-order valence-electron chi connectivity index (χ1n) is 4.15. The molecule has 0 unspecified atom stereocenters. The molecule has 0 aliphatic heterocycles. The highest BCUT2D eigenvalue weighted by Gasteiger charge is 1.97. The van der Waals surface area contributed by atoms with E-state index in [-0.39, 0.29) is 0 Å². The average Bonchev–Trinajstić information content (AvgIpc) is 2.15. The first kappa shape index (κ1) is 10.4. The molecular formula is C9H12IN3. The van der Waals surface area contributed by atoms with Gasteiger partial charge in [-0.2, -0.15) is 0 Å². The zero-order valence-corrected chi connectivity index (χ0v) is 9.65. The standard InChI is InChI=1S/C9H12IN3/c1-2-3-4-5-12-9-8(10)6-11-7-13-9/h2-3,6-7H,4-5H2,1H3,(H,11,12,13)/b3-2+. The van der Waals surface area contributed by atoms with Crippen LogP contribution in [0, 0.1) is 3.57 Å². The van der Waals surface area contributed by atoms with Crippen molar-refractivity contribution in [1.29, 1.82) is 0 Å². The van der Waals surface area contributed by atoms with Crippen LogP contribution in [0.3, 0.4) is 0 Å².